The first-order valence-corrected chi connectivity index (χ1v) is 7.68. The van der Waals surface area contributed by atoms with Gasteiger partial charge in [-0.3, -0.25) is 0 Å². The fourth-order valence-corrected chi connectivity index (χ4v) is 3.41. The van der Waals surface area contributed by atoms with Crippen LogP contribution in [0, 0.1) is 0 Å². The van der Waals surface area contributed by atoms with E-state index in [1.165, 1.54) is 31.4 Å². The SMILES string of the molecule is Nc1cccc(/C=C/c2nc(C3CCCC3)cs2)c1. The number of aromatic nitrogens is 1. The van der Waals surface area contributed by atoms with Crippen molar-refractivity contribution in [3.05, 3.63) is 45.9 Å². The number of thiazole rings is 1. The van der Waals surface area contributed by atoms with Crippen LogP contribution in [0.1, 0.15) is 47.9 Å². The van der Waals surface area contributed by atoms with E-state index in [9.17, 15) is 0 Å². The number of hydrogen-bond donors (Lipinski definition) is 1. The van der Waals surface area contributed by atoms with Crippen LogP contribution in [0.15, 0.2) is 29.6 Å². The average Bonchev–Trinajstić information content (AvgIpc) is 3.07. The second kappa shape index (κ2) is 5.57. The summed E-state index contributed by atoms with van der Waals surface area (Å²) >= 11 is 1.73. The quantitative estimate of drug-likeness (QED) is 0.831. The predicted octanol–water partition coefficient (Wildman–Crippen LogP) is 4.55. The van der Waals surface area contributed by atoms with Gasteiger partial charge in [-0.15, -0.1) is 11.3 Å². The van der Waals surface area contributed by atoms with E-state index in [2.05, 4.69) is 23.6 Å². The number of nitrogens with zero attached hydrogens (tertiary/aromatic N) is 1. The summed E-state index contributed by atoms with van der Waals surface area (Å²) in [5, 5.41) is 3.30. The second-order valence-electron chi connectivity index (χ2n) is 5.10. The van der Waals surface area contributed by atoms with Gasteiger partial charge in [0.1, 0.15) is 5.01 Å². The maximum Gasteiger partial charge on any atom is 0.116 e. The van der Waals surface area contributed by atoms with Crippen molar-refractivity contribution < 1.29 is 0 Å². The van der Waals surface area contributed by atoms with Crippen molar-refractivity contribution in [2.45, 2.75) is 31.6 Å². The van der Waals surface area contributed by atoms with E-state index in [-0.39, 0.29) is 0 Å². The van der Waals surface area contributed by atoms with Gasteiger partial charge < -0.3 is 5.73 Å². The second-order valence-corrected chi connectivity index (χ2v) is 5.99. The maximum absolute atomic E-state index is 5.77. The molecule has 1 saturated carbocycles. The van der Waals surface area contributed by atoms with E-state index < -0.39 is 0 Å². The van der Waals surface area contributed by atoms with Gasteiger partial charge in [0.2, 0.25) is 0 Å². The minimum atomic E-state index is 0.700. The van der Waals surface area contributed by atoms with Crippen LogP contribution >= 0.6 is 11.3 Å². The Hall–Kier alpha value is -1.61. The number of rotatable bonds is 3. The molecule has 3 rings (SSSR count). The van der Waals surface area contributed by atoms with Crippen LogP contribution in [0.3, 0.4) is 0 Å². The molecule has 1 aromatic carbocycles. The van der Waals surface area contributed by atoms with E-state index in [1.54, 1.807) is 11.3 Å². The Bertz CT molecular complexity index is 580. The number of anilines is 1. The molecule has 2 nitrogen and oxygen atoms in total. The Kier molecular flexibility index (Phi) is 3.65. The number of nitrogens with two attached hydrogens (primary N) is 1. The highest BCUT2D eigenvalue weighted by atomic mass is 32.1. The Morgan fingerprint density at radius 3 is 2.84 bits per heavy atom. The lowest BCUT2D eigenvalue weighted by Crippen LogP contribution is -1.91. The molecule has 0 radical (unpaired) electrons. The molecular formula is C16H18N2S. The first-order valence-electron chi connectivity index (χ1n) is 6.80. The fraction of sp³-hybridized carbons (Fsp3) is 0.312. The van der Waals surface area contributed by atoms with E-state index in [1.807, 2.05) is 18.2 Å². The molecule has 1 fully saturated rings. The van der Waals surface area contributed by atoms with Gasteiger partial charge in [0.15, 0.2) is 0 Å². The van der Waals surface area contributed by atoms with Gasteiger partial charge >= 0.3 is 0 Å². The summed E-state index contributed by atoms with van der Waals surface area (Å²) in [6.07, 6.45) is 9.49. The van der Waals surface area contributed by atoms with Crippen LogP contribution in [0.2, 0.25) is 0 Å². The maximum atomic E-state index is 5.77. The van der Waals surface area contributed by atoms with Gasteiger partial charge in [0, 0.05) is 17.0 Å². The van der Waals surface area contributed by atoms with Crippen LogP contribution < -0.4 is 5.73 Å². The van der Waals surface area contributed by atoms with E-state index in [4.69, 9.17) is 10.7 Å². The van der Waals surface area contributed by atoms with Crippen LogP contribution in [0.4, 0.5) is 5.69 Å². The molecule has 1 aliphatic rings. The van der Waals surface area contributed by atoms with Gasteiger partial charge in [-0.05, 0) is 36.6 Å². The standard InChI is InChI=1S/C16H18N2S/c17-14-7-3-4-12(10-14)8-9-16-18-15(11-19-16)13-5-1-2-6-13/h3-4,7-11,13H,1-2,5-6,17H2/b9-8+. The van der Waals surface area contributed by atoms with Gasteiger partial charge in [-0.2, -0.15) is 0 Å². The van der Waals surface area contributed by atoms with Crippen LogP contribution in [-0.2, 0) is 0 Å². The molecule has 0 saturated heterocycles. The molecule has 2 aromatic rings. The number of hydrogen-bond acceptors (Lipinski definition) is 3. The third-order valence-electron chi connectivity index (χ3n) is 3.64. The highest BCUT2D eigenvalue weighted by Crippen LogP contribution is 2.34. The third kappa shape index (κ3) is 3.04. The lowest BCUT2D eigenvalue weighted by atomic mass is 10.1. The topological polar surface area (TPSA) is 38.9 Å². The van der Waals surface area contributed by atoms with E-state index >= 15 is 0 Å². The smallest absolute Gasteiger partial charge is 0.116 e. The Morgan fingerprint density at radius 1 is 1.21 bits per heavy atom. The van der Waals surface area contributed by atoms with Crippen LogP contribution in [0.25, 0.3) is 12.2 Å². The summed E-state index contributed by atoms with van der Waals surface area (Å²) in [5.41, 5.74) is 8.98. The molecule has 98 valence electrons. The normalized spacial score (nSPS) is 16.4. The van der Waals surface area contributed by atoms with Crippen molar-refractivity contribution in [3.8, 4) is 0 Å². The van der Waals surface area contributed by atoms with Crippen molar-refractivity contribution in [1.29, 1.82) is 0 Å². The lowest BCUT2D eigenvalue weighted by Gasteiger charge is -2.02. The fourth-order valence-electron chi connectivity index (χ4n) is 2.62. The molecule has 3 heteroatoms. The molecule has 1 aliphatic carbocycles. The van der Waals surface area contributed by atoms with Gasteiger partial charge in [-0.25, -0.2) is 4.98 Å². The molecule has 0 bridgehead atoms. The van der Waals surface area contributed by atoms with Crippen molar-refractivity contribution in [1.82, 2.24) is 4.98 Å². The molecular weight excluding hydrogens is 252 g/mol. The molecule has 0 unspecified atom stereocenters. The zero-order chi connectivity index (χ0) is 13.1. The first-order chi connectivity index (χ1) is 9.31. The largest absolute Gasteiger partial charge is 0.399 e. The molecule has 1 heterocycles. The third-order valence-corrected chi connectivity index (χ3v) is 4.47. The number of nitrogen functional groups attached to an aromatic ring is 1. The van der Waals surface area contributed by atoms with Crippen molar-refractivity contribution in [3.63, 3.8) is 0 Å². The monoisotopic (exact) mass is 270 g/mol. The van der Waals surface area contributed by atoms with Gasteiger partial charge in [0.25, 0.3) is 0 Å². The predicted molar refractivity (Wildman–Crippen MR) is 83.1 cm³/mol. The minimum absolute atomic E-state index is 0.700. The molecule has 0 aliphatic heterocycles. The molecule has 0 amide bonds. The van der Waals surface area contributed by atoms with Crippen molar-refractivity contribution in [2.75, 3.05) is 5.73 Å². The van der Waals surface area contributed by atoms with E-state index in [0.717, 1.165) is 16.3 Å². The first kappa shape index (κ1) is 12.4. The molecule has 1 aromatic heterocycles. The van der Waals surface area contributed by atoms with Crippen LogP contribution in [0.5, 0.6) is 0 Å². The Morgan fingerprint density at radius 2 is 2.05 bits per heavy atom. The lowest BCUT2D eigenvalue weighted by molar-refractivity contribution is 0.702. The Balaban J connectivity index is 1.73. The average molecular weight is 270 g/mol. The summed E-state index contributed by atoms with van der Waals surface area (Å²) in [6, 6.07) is 7.90. The molecule has 0 spiro atoms. The highest BCUT2D eigenvalue weighted by Gasteiger charge is 2.19. The molecule has 0 atom stereocenters. The zero-order valence-corrected chi connectivity index (χ0v) is 11.7. The van der Waals surface area contributed by atoms with Crippen molar-refractivity contribution in [2.24, 2.45) is 0 Å². The summed E-state index contributed by atoms with van der Waals surface area (Å²) < 4.78 is 0. The minimum Gasteiger partial charge on any atom is -0.399 e. The summed E-state index contributed by atoms with van der Waals surface area (Å²) in [6.45, 7) is 0. The number of benzene rings is 1. The highest BCUT2D eigenvalue weighted by molar-refractivity contribution is 7.10. The zero-order valence-electron chi connectivity index (χ0n) is 10.9. The summed E-state index contributed by atoms with van der Waals surface area (Å²) in [4.78, 5) is 4.73. The Labute approximate surface area is 118 Å². The molecule has 19 heavy (non-hydrogen) atoms. The van der Waals surface area contributed by atoms with Crippen LogP contribution in [-0.4, -0.2) is 4.98 Å². The van der Waals surface area contributed by atoms with Gasteiger partial charge in [-0.1, -0.05) is 31.1 Å². The van der Waals surface area contributed by atoms with Gasteiger partial charge in [0.05, 0.1) is 5.69 Å². The summed E-state index contributed by atoms with van der Waals surface area (Å²) in [7, 11) is 0. The van der Waals surface area contributed by atoms with E-state index in [0.29, 0.717) is 5.92 Å². The molecule has 2 N–H and O–H groups in total. The van der Waals surface area contributed by atoms with Crippen molar-refractivity contribution >= 4 is 29.2 Å². The summed E-state index contributed by atoms with van der Waals surface area (Å²) in [5.74, 6) is 0.700.